The number of nitrogens with zero attached hydrogens (tertiary/aromatic N) is 1. The SMILES string of the molecule is COc1ccccc1C(=O)N1CCC(CC(=O)O)C1. The van der Waals surface area contributed by atoms with Crippen LogP contribution in [0.3, 0.4) is 0 Å². The molecule has 5 nitrogen and oxygen atoms in total. The maximum Gasteiger partial charge on any atom is 0.303 e. The molecule has 1 amide bonds. The van der Waals surface area contributed by atoms with E-state index in [4.69, 9.17) is 9.84 Å². The second-order valence-electron chi connectivity index (χ2n) is 4.70. The summed E-state index contributed by atoms with van der Waals surface area (Å²) in [4.78, 5) is 24.7. The van der Waals surface area contributed by atoms with E-state index in [0.29, 0.717) is 24.4 Å². The highest BCUT2D eigenvalue weighted by atomic mass is 16.5. The quantitative estimate of drug-likeness (QED) is 0.896. The van der Waals surface area contributed by atoms with Crippen molar-refractivity contribution in [1.29, 1.82) is 0 Å². The molecule has 102 valence electrons. The minimum atomic E-state index is -0.809. The number of carboxylic acid groups (broad SMARTS) is 1. The number of likely N-dealkylation sites (tertiary alicyclic amines) is 1. The van der Waals surface area contributed by atoms with Gasteiger partial charge in [0.1, 0.15) is 5.75 Å². The van der Waals surface area contributed by atoms with Crippen molar-refractivity contribution in [1.82, 2.24) is 4.90 Å². The molecule has 1 aliphatic heterocycles. The molecular weight excluding hydrogens is 246 g/mol. The number of hydrogen-bond donors (Lipinski definition) is 1. The van der Waals surface area contributed by atoms with Crippen molar-refractivity contribution in [3.8, 4) is 5.75 Å². The van der Waals surface area contributed by atoms with Gasteiger partial charge in [-0.15, -0.1) is 0 Å². The van der Waals surface area contributed by atoms with E-state index in [1.165, 1.54) is 7.11 Å². The molecule has 19 heavy (non-hydrogen) atoms. The molecule has 0 aliphatic carbocycles. The summed E-state index contributed by atoms with van der Waals surface area (Å²) in [6, 6.07) is 7.08. The Balaban J connectivity index is 2.07. The summed E-state index contributed by atoms with van der Waals surface area (Å²) in [5, 5.41) is 8.77. The van der Waals surface area contributed by atoms with Gasteiger partial charge in [-0.2, -0.15) is 0 Å². The Bertz CT molecular complexity index is 486. The van der Waals surface area contributed by atoms with Crippen molar-refractivity contribution in [3.63, 3.8) is 0 Å². The molecule has 0 bridgehead atoms. The third kappa shape index (κ3) is 3.05. The van der Waals surface area contributed by atoms with Crippen molar-refractivity contribution in [2.75, 3.05) is 20.2 Å². The van der Waals surface area contributed by atoms with Crippen LogP contribution in [-0.4, -0.2) is 42.1 Å². The lowest BCUT2D eigenvalue weighted by Crippen LogP contribution is -2.29. The molecule has 1 fully saturated rings. The van der Waals surface area contributed by atoms with E-state index in [-0.39, 0.29) is 18.2 Å². The molecular formula is C14H17NO4. The number of ether oxygens (including phenoxy) is 1. The van der Waals surface area contributed by atoms with Gasteiger partial charge in [0, 0.05) is 19.5 Å². The maximum atomic E-state index is 12.4. The van der Waals surface area contributed by atoms with E-state index in [9.17, 15) is 9.59 Å². The zero-order valence-corrected chi connectivity index (χ0v) is 10.8. The smallest absolute Gasteiger partial charge is 0.303 e. The van der Waals surface area contributed by atoms with Crippen molar-refractivity contribution >= 4 is 11.9 Å². The lowest BCUT2D eigenvalue weighted by atomic mass is 10.1. The molecule has 1 aromatic rings. The lowest BCUT2D eigenvalue weighted by molar-refractivity contribution is -0.138. The first-order valence-corrected chi connectivity index (χ1v) is 6.26. The van der Waals surface area contributed by atoms with Gasteiger partial charge < -0.3 is 14.7 Å². The first-order chi connectivity index (χ1) is 9.11. The summed E-state index contributed by atoms with van der Waals surface area (Å²) in [5.41, 5.74) is 0.529. The lowest BCUT2D eigenvalue weighted by Gasteiger charge is -2.17. The van der Waals surface area contributed by atoms with Crippen molar-refractivity contribution in [2.45, 2.75) is 12.8 Å². The molecule has 1 atom stereocenters. The average Bonchev–Trinajstić information content (AvgIpc) is 2.85. The van der Waals surface area contributed by atoms with Crippen LogP contribution in [0.1, 0.15) is 23.2 Å². The van der Waals surface area contributed by atoms with Gasteiger partial charge in [-0.25, -0.2) is 0 Å². The van der Waals surface area contributed by atoms with Gasteiger partial charge in [-0.05, 0) is 24.5 Å². The average molecular weight is 263 g/mol. The molecule has 1 aliphatic rings. The van der Waals surface area contributed by atoms with Crippen LogP contribution in [0.2, 0.25) is 0 Å². The van der Waals surface area contributed by atoms with Gasteiger partial charge in [0.15, 0.2) is 0 Å². The Kier molecular flexibility index (Phi) is 4.04. The third-order valence-corrected chi connectivity index (χ3v) is 3.37. The molecule has 0 saturated carbocycles. The normalized spacial score (nSPS) is 18.4. The topological polar surface area (TPSA) is 66.8 Å². The number of carbonyl (C=O) groups is 2. The molecule has 1 saturated heterocycles. The largest absolute Gasteiger partial charge is 0.496 e. The van der Waals surface area contributed by atoms with Gasteiger partial charge in [-0.3, -0.25) is 9.59 Å². The number of amides is 1. The molecule has 2 rings (SSSR count). The van der Waals surface area contributed by atoms with Crippen LogP contribution in [0.4, 0.5) is 0 Å². The van der Waals surface area contributed by atoms with Crippen LogP contribution in [-0.2, 0) is 4.79 Å². The van der Waals surface area contributed by atoms with E-state index >= 15 is 0 Å². The highest BCUT2D eigenvalue weighted by Crippen LogP contribution is 2.25. The molecule has 1 unspecified atom stereocenters. The Morgan fingerprint density at radius 3 is 2.84 bits per heavy atom. The number of para-hydroxylation sites is 1. The Labute approximate surface area is 111 Å². The summed E-state index contributed by atoms with van der Waals surface area (Å²) in [5.74, 6) is -0.299. The van der Waals surface area contributed by atoms with Crippen molar-refractivity contribution < 1.29 is 19.4 Å². The highest BCUT2D eigenvalue weighted by Gasteiger charge is 2.29. The van der Waals surface area contributed by atoms with E-state index in [0.717, 1.165) is 6.42 Å². The highest BCUT2D eigenvalue weighted by molar-refractivity contribution is 5.97. The molecule has 1 aromatic carbocycles. The monoisotopic (exact) mass is 263 g/mol. The van der Waals surface area contributed by atoms with Gasteiger partial charge >= 0.3 is 5.97 Å². The van der Waals surface area contributed by atoms with E-state index in [1.807, 2.05) is 6.07 Å². The first kappa shape index (κ1) is 13.4. The molecule has 1 heterocycles. The molecule has 0 radical (unpaired) electrons. The molecule has 0 aromatic heterocycles. The minimum absolute atomic E-state index is 0.0520. The van der Waals surface area contributed by atoms with Crippen molar-refractivity contribution in [2.24, 2.45) is 5.92 Å². The maximum absolute atomic E-state index is 12.4. The summed E-state index contributed by atoms with van der Waals surface area (Å²) in [7, 11) is 1.53. The number of rotatable bonds is 4. The summed E-state index contributed by atoms with van der Waals surface area (Å²) >= 11 is 0. The second-order valence-corrected chi connectivity index (χ2v) is 4.70. The number of benzene rings is 1. The zero-order valence-electron chi connectivity index (χ0n) is 10.8. The van der Waals surface area contributed by atoms with Crippen LogP contribution in [0.15, 0.2) is 24.3 Å². The Morgan fingerprint density at radius 1 is 1.42 bits per heavy atom. The zero-order chi connectivity index (χ0) is 13.8. The molecule has 5 heteroatoms. The fourth-order valence-corrected chi connectivity index (χ4v) is 2.42. The fraction of sp³-hybridized carbons (Fsp3) is 0.429. The third-order valence-electron chi connectivity index (χ3n) is 3.37. The summed E-state index contributed by atoms with van der Waals surface area (Å²) < 4.78 is 5.18. The number of carbonyl (C=O) groups excluding carboxylic acids is 1. The summed E-state index contributed by atoms with van der Waals surface area (Å²) in [6.45, 7) is 1.11. The van der Waals surface area contributed by atoms with Crippen LogP contribution in [0.25, 0.3) is 0 Å². The number of carboxylic acids is 1. The molecule has 1 N–H and O–H groups in total. The fourth-order valence-electron chi connectivity index (χ4n) is 2.42. The van der Waals surface area contributed by atoms with E-state index in [2.05, 4.69) is 0 Å². The Hall–Kier alpha value is -2.04. The first-order valence-electron chi connectivity index (χ1n) is 6.26. The minimum Gasteiger partial charge on any atom is -0.496 e. The van der Waals surface area contributed by atoms with Gasteiger partial charge in [0.25, 0.3) is 5.91 Å². The second kappa shape index (κ2) is 5.73. The molecule has 0 spiro atoms. The van der Waals surface area contributed by atoms with Crippen LogP contribution in [0.5, 0.6) is 5.75 Å². The van der Waals surface area contributed by atoms with Crippen LogP contribution in [0, 0.1) is 5.92 Å². The summed E-state index contributed by atoms with van der Waals surface area (Å²) in [6.07, 6.45) is 0.864. The standard InChI is InChI=1S/C14H17NO4/c1-19-12-5-3-2-4-11(12)14(18)15-7-6-10(9-15)8-13(16)17/h2-5,10H,6-9H2,1H3,(H,16,17). The van der Waals surface area contributed by atoms with E-state index in [1.54, 1.807) is 23.1 Å². The van der Waals surface area contributed by atoms with Gasteiger partial charge in [0.2, 0.25) is 0 Å². The number of aliphatic carboxylic acids is 1. The number of methoxy groups -OCH3 is 1. The van der Waals surface area contributed by atoms with Gasteiger partial charge in [0.05, 0.1) is 12.7 Å². The predicted molar refractivity (Wildman–Crippen MR) is 69.3 cm³/mol. The van der Waals surface area contributed by atoms with Crippen molar-refractivity contribution in [3.05, 3.63) is 29.8 Å². The van der Waals surface area contributed by atoms with E-state index < -0.39 is 5.97 Å². The van der Waals surface area contributed by atoms with Crippen LogP contribution >= 0.6 is 0 Å². The van der Waals surface area contributed by atoms with Gasteiger partial charge in [-0.1, -0.05) is 12.1 Å². The van der Waals surface area contributed by atoms with Crippen LogP contribution < -0.4 is 4.74 Å². The predicted octanol–water partition coefficient (Wildman–Crippen LogP) is 1.63. The Morgan fingerprint density at radius 2 is 2.16 bits per heavy atom. The number of hydrogen-bond acceptors (Lipinski definition) is 3.